The van der Waals surface area contributed by atoms with Gasteiger partial charge >= 0.3 is 0 Å². The van der Waals surface area contributed by atoms with Gasteiger partial charge in [-0.25, -0.2) is 4.68 Å². The molecule has 3 aromatic rings. The van der Waals surface area contributed by atoms with Crippen molar-refractivity contribution in [3.63, 3.8) is 0 Å². The highest BCUT2D eigenvalue weighted by molar-refractivity contribution is 9.10. The zero-order chi connectivity index (χ0) is 14.3. The normalized spacial score (nSPS) is 11.3. The zero-order valence-electron chi connectivity index (χ0n) is 11.4. The maximum atomic E-state index is 5.49. The van der Waals surface area contributed by atoms with Gasteiger partial charge in [0.1, 0.15) is 5.52 Å². The second-order valence-electron chi connectivity index (χ2n) is 4.76. The van der Waals surface area contributed by atoms with Crippen LogP contribution >= 0.6 is 28.1 Å². The summed E-state index contributed by atoms with van der Waals surface area (Å²) in [6.07, 6.45) is 2.01. The number of aryl methyl sites for hydroxylation is 2. The quantitative estimate of drug-likeness (QED) is 0.721. The fourth-order valence-electron chi connectivity index (χ4n) is 2.48. The Morgan fingerprint density at radius 3 is 2.90 bits per heavy atom. The van der Waals surface area contributed by atoms with Crippen LogP contribution < -0.4 is 0 Å². The molecule has 3 rings (SSSR count). The minimum absolute atomic E-state index is 0.698. The number of hydrogen-bond donors (Lipinski definition) is 1. The number of hydrogen-bond acceptors (Lipinski definition) is 2. The third kappa shape index (κ3) is 2.13. The first kappa shape index (κ1) is 13.6. The van der Waals surface area contributed by atoms with Gasteiger partial charge in [-0.2, -0.15) is 5.10 Å². The van der Waals surface area contributed by atoms with Crippen molar-refractivity contribution in [1.82, 2.24) is 19.3 Å². The van der Waals surface area contributed by atoms with E-state index in [1.807, 2.05) is 34.5 Å². The van der Waals surface area contributed by atoms with E-state index in [1.165, 1.54) is 0 Å². The number of halogens is 1. The molecule has 0 aliphatic rings. The number of H-pyrrole nitrogens is 1. The highest BCUT2D eigenvalue weighted by Crippen LogP contribution is 2.24. The Kier molecular flexibility index (Phi) is 3.52. The van der Waals surface area contributed by atoms with E-state index >= 15 is 0 Å². The van der Waals surface area contributed by atoms with Crippen LogP contribution in [0.5, 0.6) is 0 Å². The van der Waals surface area contributed by atoms with Gasteiger partial charge in [-0.15, -0.1) is 0 Å². The summed E-state index contributed by atoms with van der Waals surface area (Å²) in [6.45, 7) is 2.15. The molecule has 0 spiro atoms. The third-order valence-electron chi connectivity index (χ3n) is 3.29. The highest BCUT2D eigenvalue weighted by atomic mass is 79.9. The van der Waals surface area contributed by atoms with Gasteiger partial charge in [0.15, 0.2) is 10.4 Å². The molecule has 2 aromatic heterocycles. The van der Waals surface area contributed by atoms with Gasteiger partial charge in [-0.1, -0.05) is 35.3 Å². The number of rotatable bonds is 3. The molecule has 2 heterocycles. The summed E-state index contributed by atoms with van der Waals surface area (Å²) in [6, 6.07) is 8.10. The Balaban J connectivity index is 2.31. The smallest absolute Gasteiger partial charge is 0.184 e. The Morgan fingerprint density at radius 1 is 1.40 bits per heavy atom. The van der Waals surface area contributed by atoms with E-state index in [0.29, 0.717) is 4.77 Å². The van der Waals surface area contributed by atoms with E-state index in [-0.39, 0.29) is 0 Å². The third-order valence-corrected chi connectivity index (χ3v) is 4.07. The van der Waals surface area contributed by atoms with Crippen molar-refractivity contribution in [2.75, 3.05) is 0 Å². The second-order valence-corrected chi connectivity index (χ2v) is 6.07. The predicted molar refractivity (Wildman–Crippen MR) is 86.9 cm³/mol. The maximum absolute atomic E-state index is 5.49. The van der Waals surface area contributed by atoms with Crippen molar-refractivity contribution in [2.24, 2.45) is 7.05 Å². The molecule has 0 aliphatic carbocycles. The van der Waals surface area contributed by atoms with E-state index in [4.69, 9.17) is 12.2 Å². The number of aromatic nitrogens is 4. The number of benzene rings is 1. The largest absolute Gasteiger partial charge is 0.327 e. The Morgan fingerprint density at radius 2 is 2.20 bits per heavy atom. The molecule has 0 aliphatic heterocycles. The molecule has 1 aromatic carbocycles. The standard InChI is InChI=1S/C14H15BrN4S/c1-3-5-11-12-13(18(2)17-11)19(14(20)16-12)10-7-4-6-9(15)8-10/h4,6-8H,3,5H2,1-2H3,(H,16,20). The van der Waals surface area contributed by atoms with Crippen LogP contribution in [0.1, 0.15) is 19.0 Å². The van der Waals surface area contributed by atoms with Crippen molar-refractivity contribution in [1.29, 1.82) is 0 Å². The first-order chi connectivity index (χ1) is 9.61. The lowest BCUT2D eigenvalue weighted by molar-refractivity contribution is 0.735. The summed E-state index contributed by atoms with van der Waals surface area (Å²) in [5.41, 5.74) is 4.15. The molecular weight excluding hydrogens is 336 g/mol. The van der Waals surface area contributed by atoms with Crippen LogP contribution in [0.25, 0.3) is 16.9 Å². The van der Waals surface area contributed by atoms with Gasteiger partial charge in [0.05, 0.1) is 11.4 Å². The molecule has 0 saturated carbocycles. The molecule has 0 unspecified atom stereocenters. The van der Waals surface area contributed by atoms with Crippen molar-refractivity contribution in [2.45, 2.75) is 19.8 Å². The SMILES string of the molecule is CCCc1nn(C)c2c1[nH]c(=S)n2-c1cccc(Br)c1. The molecule has 0 saturated heterocycles. The Labute approximate surface area is 130 Å². The van der Waals surface area contributed by atoms with Crippen molar-refractivity contribution in [3.05, 3.63) is 39.2 Å². The lowest BCUT2D eigenvalue weighted by Gasteiger charge is -2.05. The molecule has 0 fully saturated rings. The summed E-state index contributed by atoms with van der Waals surface area (Å²) in [4.78, 5) is 3.30. The zero-order valence-corrected chi connectivity index (χ0v) is 13.8. The summed E-state index contributed by atoms with van der Waals surface area (Å²) >= 11 is 8.99. The lowest BCUT2D eigenvalue weighted by Crippen LogP contribution is -2.01. The molecule has 0 bridgehead atoms. The highest BCUT2D eigenvalue weighted by Gasteiger charge is 2.15. The van der Waals surface area contributed by atoms with Crippen LogP contribution in [-0.4, -0.2) is 19.3 Å². The minimum Gasteiger partial charge on any atom is -0.327 e. The van der Waals surface area contributed by atoms with Crippen LogP contribution in [0, 0.1) is 4.77 Å². The predicted octanol–water partition coefficient (Wildman–Crippen LogP) is 4.14. The molecule has 104 valence electrons. The molecule has 0 atom stereocenters. The first-order valence-corrected chi connectivity index (χ1v) is 7.74. The van der Waals surface area contributed by atoms with Crippen molar-refractivity contribution >= 4 is 39.3 Å². The summed E-state index contributed by atoms with van der Waals surface area (Å²) < 4.78 is 5.65. The van der Waals surface area contributed by atoms with Crippen LogP contribution in [0.3, 0.4) is 0 Å². The minimum atomic E-state index is 0.698. The molecule has 1 N–H and O–H groups in total. The molecule has 20 heavy (non-hydrogen) atoms. The van der Waals surface area contributed by atoms with Gasteiger partial charge in [0.25, 0.3) is 0 Å². The van der Waals surface area contributed by atoms with Crippen LogP contribution in [0.2, 0.25) is 0 Å². The molecule has 0 amide bonds. The average Bonchev–Trinajstić information content (AvgIpc) is 2.88. The lowest BCUT2D eigenvalue weighted by atomic mass is 10.2. The maximum Gasteiger partial charge on any atom is 0.184 e. The van der Waals surface area contributed by atoms with Crippen LogP contribution in [0.4, 0.5) is 0 Å². The molecular formula is C14H15BrN4S. The van der Waals surface area contributed by atoms with E-state index < -0.39 is 0 Å². The van der Waals surface area contributed by atoms with Gasteiger partial charge in [0.2, 0.25) is 0 Å². The number of nitrogens with zero attached hydrogens (tertiary/aromatic N) is 3. The van der Waals surface area contributed by atoms with Crippen LogP contribution in [-0.2, 0) is 13.5 Å². The Bertz CT molecular complexity index is 827. The molecule has 4 nitrogen and oxygen atoms in total. The van der Waals surface area contributed by atoms with Gasteiger partial charge < -0.3 is 4.98 Å². The Hall–Kier alpha value is -1.40. The number of aromatic amines is 1. The van der Waals surface area contributed by atoms with Crippen molar-refractivity contribution in [3.8, 4) is 5.69 Å². The average molecular weight is 351 g/mol. The summed E-state index contributed by atoms with van der Waals surface area (Å²) in [7, 11) is 1.96. The first-order valence-electron chi connectivity index (χ1n) is 6.54. The number of nitrogens with one attached hydrogen (secondary N) is 1. The van der Waals surface area contributed by atoms with Crippen molar-refractivity contribution < 1.29 is 0 Å². The van der Waals surface area contributed by atoms with Gasteiger partial charge in [0, 0.05) is 11.5 Å². The van der Waals surface area contributed by atoms with Crippen LogP contribution in [0.15, 0.2) is 28.7 Å². The van der Waals surface area contributed by atoms with E-state index in [0.717, 1.165) is 39.9 Å². The monoisotopic (exact) mass is 350 g/mol. The topological polar surface area (TPSA) is 38.5 Å². The number of imidazole rings is 1. The number of fused-ring (bicyclic) bond motifs is 1. The molecule has 0 radical (unpaired) electrons. The van der Waals surface area contributed by atoms with E-state index in [9.17, 15) is 0 Å². The fraction of sp³-hybridized carbons (Fsp3) is 0.286. The molecule has 6 heteroatoms. The summed E-state index contributed by atoms with van der Waals surface area (Å²) in [5.74, 6) is 0. The van der Waals surface area contributed by atoms with Gasteiger partial charge in [-0.05, 0) is 36.8 Å². The summed E-state index contributed by atoms with van der Waals surface area (Å²) in [5, 5.41) is 4.60. The second kappa shape index (κ2) is 5.18. The van der Waals surface area contributed by atoms with E-state index in [1.54, 1.807) is 0 Å². The van der Waals surface area contributed by atoms with Gasteiger partial charge in [-0.3, -0.25) is 4.57 Å². The fourth-order valence-corrected chi connectivity index (χ4v) is 3.16. The van der Waals surface area contributed by atoms with E-state index in [2.05, 4.69) is 39.0 Å².